The number of rotatable bonds is 9. The SMILES string of the molecule is CCCC1CCC2CC(c3ccc(COc4ccc(-c5ccc(OCC)c(F)c5F)c(F)c4F)cc3)CCC2C1. The van der Waals surface area contributed by atoms with Gasteiger partial charge in [0.1, 0.15) is 6.61 Å². The van der Waals surface area contributed by atoms with E-state index >= 15 is 0 Å². The third-order valence-electron chi connectivity index (χ3n) is 8.95. The summed E-state index contributed by atoms with van der Waals surface area (Å²) in [7, 11) is 0. The maximum Gasteiger partial charge on any atom is 0.201 e. The van der Waals surface area contributed by atoms with Crippen LogP contribution in [0.3, 0.4) is 0 Å². The van der Waals surface area contributed by atoms with Crippen molar-refractivity contribution in [2.75, 3.05) is 6.61 Å². The quantitative estimate of drug-likeness (QED) is 0.245. The Morgan fingerprint density at radius 1 is 0.650 bits per heavy atom. The summed E-state index contributed by atoms with van der Waals surface area (Å²) in [5.74, 6) is -2.41. The Bertz CT molecular complexity index is 1310. The predicted octanol–water partition coefficient (Wildman–Crippen LogP) is 9.99. The lowest BCUT2D eigenvalue weighted by molar-refractivity contribution is 0.114. The summed E-state index contributed by atoms with van der Waals surface area (Å²) >= 11 is 0. The fourth-order valence-corrected chi connectivity index (χ4v) is 6.86. The minimum atomic E-state index is -1.30. The molecule has 3 aromatic rings. The van der Waals surface area contributed by atoms with Crippen LogP contribution in [0.1, 0.15) is 82.3 Å². The van der Waals surface area contributed by atoms with Gasteiger partial charge in [0.05, 0.1) is 6.61 Å². The molecule has 5 rings (SSSR count). The van der Waals surface area contributed by atoms with Gasteiger partial charge in [0.15, 0.2) is 23.1 Å². The number of hydrogen-bond acceptors (Lipinski definition) is 2. The first kappa shape index (κ1) is 28.5. The molecule has 0 aromatic heterocycles. The monoisotopic (exact) mass is 554 g/mol. The highest BCUT2D eigenvalue weighted by Gasteiger charge is 2.35. The lowest BCUT2D eigenvalue weighted by Gasteiger charge is -2.42. The fourth-order valence-electron chi connectivity index (χ4n) is 6.86. The molecule has 0 spiro atoms. The van der Waals surface area contributed by atoms with Crippen molar-refractivity contribution in [1.29, 1.82) is 0 Å². The third kappa shape index (κ3) is 6.01. The third-order valence-corrected chi connectivity index (χ3v) is 8.95. The molecule has 0 bridgehead atoms. The maximum absolute atomic E-state index is 14.9. The first-order valence-corrected chi connectivity index (χ1v) is 14.7. The lowest BCUT2D eigenvalue weighted by atomic mass is 9.63. The molecule has 4 atom stereocenters. The molecule has 2 saturated carbocycles. The van der Waals surface area contributed by atoms with E-state index < -0.39 is 23.3 Å². The molecule has 0 amide bonds. The molecule has 2 aliphatic carbocycles. The van der Waals surface area contributed by atoms with Crippen molar-refractivity contribution in [3.63, 3.8) is 0 Å². The highest BCUT2D eigenvalue weighted by molar-refractivity contribution is 5.67. The summed E-state index contributed by atoms with van der Waals surface area (Å²) in [6, 6.07) is 13.1. The van der Waals surface area contributed by atoms with Crippen LogP contribution < -0.4 is 9.47 Å². The molecule has 0 heterocycles. The molecule has 2 nitrogen and oxygen atoms in total. The molecule has 3 aromatic carbocycles. The van der Waals surface area contributed by atoms with E-state index in [-0.39, 0.29) is 35.8 Å². The van der Waals surface area contributed by atoms with Crippen LogP contribution in [0.4, 0.5) is 17.6 Å². The summed E-state index contributed by atoms with van der Waals surface area (Å²) in [5.41, 5.74) is 1.41. The normalized spacial score (nSPS) is 22.6. The zero-order valence-corrected chi connectivity index (χ0v) is 23.3. The van der Waals surface area contributed by atoms with E-state index in [2.05, 4.69) is 19.1 Å². The van der Waals surface area contributed by atoms with E-state index in [1.165, 1.54) is 81.2 Å². The van der Waals surface area contributed by atoms with Crippen LogP contribution in [-0.4, -0.2) is 6.61 Å². The van der Waals surface area contributed by atoms with Crippen LogP contribution in [0.2, 0.25) is 0 Å². The molecule has 2 fully saturated rings. The second-order valence-corrected chi connectivity index (χ2v) is 11.4. The average molecular weight is 555 g/mol. The van der Waals surface area contributed by atoms with Crippen LogP contribution in [-0.2, 0) is 6.61 Å². The van der Waals surface area contributed by atoms with Crippen molar-refractivity contribution >= 4 is 0 Å². The van der Waals surface area contributed by atoms with Crippen LogP contribution in [0, 0.1) is 41.0 Å². The molecular weight excluding hydrogens is 516 g/mol. The molecule has 214 valence electrons. The first-order valence-electron chi connectivity index (χ1n) is 14.7. The van der Waals surface area contributed by atoms with Gasteiger partial charge < -0.3 is 9.47 Å². The number of fused-ring (bicyclic) bond motifs is 1. The van der Waals surface area contributed by atoms with Crippen LogP contribution in [0.5, 0.6) is 11.5 Å². The molecule has 0 N–H and O–H groups in total. The minimum Gasteiger partial charge on any atom is -0.491 e. The van der Waals surface area contributed by atoms with Crippen LogP contribution in [0.25, 0.3) is 11.1 Å². The van der Waals surface area contributed by atoms with E-state index in [0.29, 0.717) is 5.92 Å². The van der Waals surface area contributed by atoms with Gasteiger partial charge in [-0.1, -0.05) is 50.5 Å². The molecule has 2 aliphatic rings. The molecule has 0 radical (unpaired) electrons. The van der Waals surface area contributed by atoms with E-state index in [0.717, 1.165) is 23.3 Å². The number of benzene rings is 3. The predicted molar refractivity (Wildman–Crippen MR) is 149 cm³/mol. The van der Waals surface area contributed by atoms with Crippen molar-refractivity contribution in [3.8, 4) is 22.6 Å². The van der Waals surface area contributed by atoms with Gasteiger partial charge in [-0.15, -0.1) is 0 Å². The Morgan fingerprint density at radius 3 is 1.88 bits per heavy atom. The second kappa shape index (κ2) is 12.7. The molecular formula is C34H38F4O2. The summed E-state index contributed by atoms with van der Waals surface area (Å²) in [6.45, 7) is 4.14. The maximum atomic E-state index is 14.9. The Labute approximate surface area is 234 Å². The summed E-state index contributed by atoms with van der Waals surface area (Å²) in [6.07, 6.45) is 10.6. The van der Waals surface area contributed by atoms with Gasteiger partial charge in [0.25, 0.3) is 0 Å². The number of ether oxygens (including phenoxy) is 2. The lowest BCUT2D eigenvalue weighted by Crippen LogP contribution is -2.30. The molecule has 0 saturated heterocycles. The summed E-state index contributed by atoms with van der Waals surface area (Å²) in [5, 5.41) is 0. The van der Waals surface area contributed by atoms with Crippen LogP contribution in [0.15, 0.2) is 48.5 Å². The van der Waals surface area contributed by atoms with Gasteiger partial charge in [-0.3, -0.25) is 0 Å². The van der Waals surface area contributed by atoms with Crippen molar-refractivity contribution in [2.45, 2.75) is 77.7 Å². The standard InChI is InChI=1S/C34H38F4O2/c1-3-5-21-6-11-26-19-25(13-12-24(26)18-21)23-9-7-22(8-10-23)20-40-30-17-15-28(32(36)34(30)38)27-14-16-29(39-4-2)33(37)31(27)35/h7-10,14-17,21,24-26H,3-6,11-13,18-20H2,1-2H3. The van der Waals surface area contributed by atoms with Crippen molar-refractivity contribution in [1.82, 2.24) is 0 Å². The molecule has 0 aliphatic heterocycles. The average Bonchev–Trinajstić information content (AvgIpc) is 2.97. The Balaban J connectivity index is 1.21. The Hall–Kier alpha value is -3.02. The van der Waals surface area contributed by atoms with Crippen molar-refractivity contribution in [3.05, 3.63) is 82.9 Å². The van der Waals surface area contributed by atoms with Gasteiger partial charge in [0.2, 0.25) is 11.6 Å². The van der Waals surface area contributed by atoms with Crippen molar-refractivity contribution < 1.29 is 27.0 Å². The molecule has 4 unspecified atom stereocenters. The smallest absolute Gasteiger partial charge is 0.201 e. The first-order chi connectivity index (χ1) is 19.4. The Kier molecular flexibility index (Phi) is 9.02. The second-order valence-electron chi connectivity index (χ2n) is 11.4. The Morgan fingerprint density at radius 2 is 1.25 bits per heavy atom. The van der Waals surface area contributed by atoms with Crippen LogP contribution >= 0.6 is 0 Å². The number of halogens is 4. The van der Waals surface area contributed by atoms with E-state index in [9.17, 15) is 17.6 Å². The van der Waals surface area contributed by atoms with Crippen molar-refractivity contribution in [2.24, 2.45) is 17.8 Å². The van der Waals surface area contributed by atoms with Gasteiger partial charge in [0, 0.05) is 11.1 Å². The summed E-state index contributed by atoms with van der Waals surface area (Å²) < 4.78 is 69.2. The minimum absolute atomic E-state index is 0.0657. The van der Waals surface area contributed by atoms with E-state index in [4.69, 9.17) is 9.47 Å². The largest absolute Gasteiger partial charge is 0.491 e. The van der Waals surface area contributed by atoms with E-state index in [1.54, 1.807) is 6.92 Å². The molecule has 6 heteroatoms. The summed E-state index contributed by atoms with van der Waals surface area (Å²) in [4.78, 5) is 0. The van der Waals surface area contributed by atoms with E-state index in [1.807, 2.05) is 12.1 Å². The van der Waals surface area contributed by atoms with Gasteiger partial charge in [-0.05, 0) is 98.1 Å². The van der Waals surface area contributed by atoms with Gasteiger partial charge in [-0.25, -0.2) is 8.78 Å². The van der Waals surface area contributed by atoms with Gasteiger partial charge in [-0.2, -0.15) is 8.78 Å². The highest BCUT2D eigenvalue weighted by atomic mass is 19.2. The zero-order valence-electron chi connectivity index (χ0n) is 23.3. The fraction of sp³-hybridized carbons (Fsp3) is 0.471. The number of hydrogen-bond donors (Lipinski definition) is 0. The topological polar surface area (TPSA) is 18.5 Å². The highest BCUT2D eigenvalue weighted by Crippen LogP contribution is 2.48. The zero-order chi connectivity index (χ0) is 28.2. The van der Waals surface area contributed by atoms with Gasteiger partial charge >= 0.3 is 0 Å². The molecule has 40 heavy (non-hydrogen) atoms.